The van der Waals surface area contributed by atoms with Crippen molar-refractivity contribution in [2.45, 2.75) is 25.2 Å². The summed E-state index contributed by atoms with van der Waals surface area (Å²) in [5.74, 6) is 2.00. The third kappa shape index (κ3) is 2.22. The Balaban J connectivity index is 1.88. The monoisotopic (exact) mass is 229 g/mol. The minimum Gasteiger partial charge on any atom is -0.334 e. The van der Waals surface area contributed by atoms with Gasteiger partial charge in [-0.25, -0.2) is 0 Å². The predicted octanol–water partition coefficient (Wildman–Crippen LogP) is 2.12. The zero-order chi connectivity index (χ0) is 11.7. The second-order valence-electron chi connectivity index (χ2n) is 4.47. The highest BCUT2D eigenvalue weighted by molar-refractivity contribution is 5.54. The predicted molar refractivity (Wildman–Crippen MR) is 64.5 cm³/mol. The maximum Gasteiger partial charge on any atom is 0.257 e. The Morgan fingerprint density at radius 3 is 3.00 bits per heavy atom. The number of aromatic nitrogens is 2. The van der Waals surface area contributed by atoms with Crippen molar-refractivity contribution >= 4 is 0 Å². The molecule has 4 nitrogen and oxygen atoms in total. The molecule has 1 aromatic heterocycles. The molecule has 17 heavy (non-hydrogen) atoms. The number of hydrogen-bond acceptors (Lipinski definition) is 4. The van der Waals surface area contributed by atoms with Crippen LogP contribution in [0.25, 0.3) is 11.5 Å². The van der Waals surface area contributed by atoms with E-state index in [0.717, 1.165) is 17.8 Å². The standard InChI is InChI=1S/C13H15N3O/c14-7-6-9-2-1-3-11(8-9)13-15-12(16-17-13)10-4-5-10/h1-3,8,10H,4-7,14H2. The van der Waals surface area contributed by atoms with E-state index in [0.29, 0.717) is 18.4 Å². The lowest BCUT2D eigenvalue weighted by molar-refractivity contribution is 0.422. The quantitative estimate of drug-likeness (QED) is 0.872. The van der Waals surface area contributed by atoms with Gasteiger partial charge in [0.15, 0.2) is 5.82 Å². The lowest BCUT2D eigenvalue weighted by Gasteiger charge is -1.99. The molecule has 88 valence electrons. The molecule has 0 saturated heterocycles. The highest BCUT2D eigenvalue weighted by atomic mass is 16.5. The SMILES string of the molecule is NCCc1cccc(-c2nc(C3CC3)no2)c1. The molecular weight excluding hydrogens is 214 g/mol. The van der Waals surface area contributed by atoms with Crippen LogP contribution in [0.5, 0.6) is 0 Å². The summed E-state index contributed by atoms with van der Waals surface area (Å²) in [5, 5.41) is 4.02. The minimum absolute atomic E-state index is 0.528. The van der Waals surface area contributed by atoms with Crippen LogP contribution in [0.15, 0.2) is 28.8 Å². The van der Waals surface area contributed by atoms with Crippen LogP contribution >= 0.6 is 0 Å². The first-order chi connectivity index (χ1) is 8.36. The van der Waals surface area contributed by atoms with Gasteiger partial charge in [-0.15, -0.1) is 0 Å². The molecule has 0 radical (unpaired) electrons. The second kappa shape index (κ2) is 4.30. The molecular formula is C13H15N3O. The first kappa shape index (κ1) is 10.5. The van der Waals surface area contributed by atoms with Crippen molar-refractivity contribution in [1.29, 1.82) is 0 Å². The first-order valence-corrected chi connectivity index (χ1v) is 6.00. The van der Waals surface area contributed by atoms with Crippen LogP contribution in [-0.4, -0.2) is 16.7 Å². The number of benzene rings is 1. The smallest absolute Gasteiger partial charge is 0.257 e. The molecule has 1 saturated carbocycles. The lowest BCUT2D eigenvalue weighted by Crippen LogP contribution is -2.02. The van der Waals surface area contributed by atoms with Crippen LogP contribution in [0.3, 0.4) is 0 Å². The van der Waals surface area contributed by atoms with Gasteiger partial charge in [-0.3, -0.25) is 0 Å². The summed E-state index contributed by atoms with van der Waals surface area (Å²) in [4.78, 5) is 4.43. The maximum atomic E-state index is 5.55. The van der Waals surface area contributed by atoms with E-state index in [1.165, 1.54) is 18.4 Å². The number of hydrogen-bond donors (Lipinski definition) is 1. The summed E-state index contributed by atoms with van der Waals surface area (Å²) in [6, 6.07) is 8.12. The van der Waals surface area contributed by atoms with Gasteiger partial charge >= 0.3 is 0 Å². The summed E-state index contributed by atoms with van der Waals surface area (Å²) in [7, 11) is 0. The largest absolute Gasteiger partial charge is 0.334 e. The fourth-order valence-electron chi connectivity index (χ4n) is 1.89. The molecule has 0 bridgehead atoms. The number of rotatable bonds is 4. The lowest BCUT2D eigenvalue weighted by atomic mass is 10.1. The van der Waals surface area contributed by atoms with Crippen LogP contribution in [0.2, 0.25) is 0 Å². The van der Waals surface area contributed by atoms with E-state index in [2.05, 4.69) is 22.3 Å². The van der Waals surface area contributed by atoms with Gasteiger partial charge in [0.05, 0.1) is 0 Å². The van der Waals surface area contributed by atoms with Crippen LogP contribution in [0, 0.1) is 0 Å². The summed E-state index contributed by atoms with van der Waals surface area (Å²) < 4.78 is 5.29. The number of nitrogens with zero attached hydrogens (tertiary/aromatic N) is 2. The van der Waals surface area contributed by atoms with E-state index in [-0.39, 0.29) is 0 Å². The van der Waals surface area contributed by atoms with Crippen molar-refractivity contribution in [1.82, 2.24) is 10.1 Å². The molecule has 1 aliphatic carbocycles. The van der Waals surface area contributed by atoms with Gasteiger partial charge in [0.2, 0.25) is 0 Å². The molecule has 1 aliphatic rings. The molecule has 2 N–H and O–H groups in total. The van der Waals surface area contributed by atoms with Crippen LogP contribution < -0.4 is 5.73 Å². The Morgan fingerprint density at radius 2 is 2.24 bits per heavy atom. The topological polar surface area (TPSA) is 64.9 Å². The normalized spacial score (nSPS) is 15.1. The highest BCUT2D eigenvalue weighted by Gasteiger charge is 2.28. The molecule has 4 heteroatoms. The van der Waals surface area contributed by atoms with Crippen molar-refractivity contribution in [3.05, 3.63) is 35.7 Å². The Kier molecular flexibility index (Phi) is 2.65. The summed E-state index contributed by atoms with van der Waals surface area (Å²) in [5.41, 5.74) is 7.74. The maximum absolute atomic E-state index is 5.55. The van der Waals surface area contributed by atoms with Gasteiger partial charge in [0, 0.05) is 11.5 Å². The van der Waals surface area contributed by atoms with Crippen molar-refractivity contribution < 1.29 is 4.52 Å². The number of nitrogens with two attached hydrogens (primary N) is 1. The molecule has 0 unspecified atom stereocenters. The van der Waals surface area contributed by atoms with E-state index in [4.69, 9.17) is 10.3 Å². The first-order valence-electron chi connectivity index (χ1n) is 6.00. The van der Waals surface area contributed by atoms with E-state index in [1.54, 1.807) is 0 Å². The zero-order valence-electron chi connectivity index (χ0n) is 9.60. The molecule has 2 aromatic rings. The van der Waals surface area contributed by atoms with E-state index in [1.807, 2.05) is 12.1 Å². The minimum atomic E-state index is 0.528. The molecule has 1 fully saturated rings. The van der Waals surface area contributed by atoms with Gasteiger partial charge in [-0.1, -0.05) is 17.3 Å². The third-order valence-electron chi connectivity index (χ3n) is 2.99. The van der Waals surface area contributed by atoms with Crippen molar-refractivity contribution in [3.8, 4) is 11.5 Å². The van der Waals surface area contributed by atoms with E-state index in [9.17, 15) is 0 Å². The third-order valence-corrected chi connectivity index (χ3v) is 2.99. The van der Waals surface area contributed by atoms with Crippen LogP contribution in [-0.2, 0) is 6.42 Å². The van der Waals surface area contributed by atoms with E-state index >= 15 is 0 Å². The molecule has 1 heterocycles. The fraction of sp³-hybridized carbons (Fsp3) is 0.385. The second-order valence-corrected chi connectivity index (χ2v) is 4.47. The molecule has 0 spiro atoms. The molecule has 0 aliphatic heterocycles. The van der Waals surface area contributed by atoms with Crippen LogP contribution in [0.4, 0.5) is 0 Å². The summed E-state index contributed by atoms with van der Waals surface area (Å²) in [6.07, 6.45) is 3.25. The Morgan fingerprint density at radius 1 is 1.35 bits per heavy atom. The van der Waals surface area contributed by atoms with Gasteiger partial charge in [-0.05, 0) is 43.5 Å². The highest BCUT2D eigenvalue weighted by Crippen LogP contribution is 2.38. The average Bonchev–Trinajstić information content (AvgIpc) is 3.08. The van der Waals surface area contributed by atoms with Gasteiger partial charge < -0.3 is 10.3 Å². The zero-order valence-corrected chi connectivity index (χ0v) is 9.60. The summed E-state index contributed by atoms with van der Waals surface area (Å²) in [6.45, 7) is 0.653. The molecule has 3 rings (SSSR count). The average molecular weight is 229 g/mol. The van der Waals surface area contributed by atoms with Crippen molar-refractivity contribution in [3.63, 3.8) is 0 Å². The van der Waals surface area contributed by atoms with Gasteiger partial charge in [0.1, 0.15) is 0 Å². The van der Waals surface area contributed by atoms with Crippen molar-refractivity contribution in [2.24, 2.45) is 5.73 Å². The Hall–Kier alpha value is -1.68. The fourth-order valence-corrected chi connectivity index (χ4v) is 1.89. The van der Waals surface area contributed by atoms with Gasteiger partial charge in [0.25, 0.3) is 5.89 Å². The Labute approximate surface area is 99.8 Å². The van der Waals surface area contributed by atoms with E-state index < -0.39 is 0 Å². The molecule has 1 aromatic carbocycles. The van der Waals surface area contributed by atoms with Gasteiger partial charge in [-0.2, -0.15) is 4.98 Å². The van der Waals surface area contributed by atoms with Crippen LogP contribution in [0.1, 0.15) is 30.1 Å². The summed E-state index contributed by atoms with van der Waals surface area (Å²) >= 11 is 0. The molecule has 0 atom stereocenters. The van der Waals surface area contributed by atoms with Crippen molar-refractivity contribution in [2.75, 3.05) is 6.54 Å². The molecule has 0 amide bonds. The Bertz CT molecular complexity index is 517.